The molecule has 0 rings (SSSR count). The van der Waals surface area contributed by atoms with Crippen LogP contribution in [0.5, 0.6) is 0 Å². The van der Waals surface area contributed by atoms with Crippen LogP contribution in [0, 0.1) is 0 Å². The van der Waals surface area contributed by atoms with E-state index in [9.17, 15) is 0 Å². The van der Waals surface area contributed by atoms with Crippen LogP contribution in [0.4, 0.5) is 0 Å². The van der Waals surface area contributed by atoms with Crippen molar-refractivity contribution in [1.29, 1.82) is 0 Å². The van der Waals surface area contributed by atoms with E-state index in [2.05, 4.69) is 0 Å². The van der Waals surface area contributed by atoms with E-state index in [1.165, 1.54) is 0 Å². The topological polar surface area (TPSA) is 0 Å². The van der Waals surface area contributed by atoms with E-state index < -0.39 is 0 Å². The first-order valence-corrected chi connectivity index (χ1v) is 0. The average Bonchev–Trinajstić information content (AvgIpc) is 0. The molecular weight excluding hydrogens is 186 g/mol. The second-order valence-electron chi connectivity index (χ2n) is 0. The fraction of sp³-hybridized carbons (Fsp3) is 0. The van der Waals surface area contributed by atoms with Crippen molar-refractivity contribution in [2.45, 2.75) is 0 Å². The van der Waals surface area contributed by atoms with Gasteiger partial charge in [-0.05, 0) is 11.0 Å². The Hall–Kier alpha value is 1.79. The van der Waals surface area contributed by atoms with Crippen LogP contribution in [0.15, 0.2) is 0 Å². The Bertz CT molecular complexity index is 8.00. The molecule has 0 aliphatic rings. The van der Waals surface area contributed by atoms with E-state index in [0.717, 1.165) is 0 Å². The second kappa shape index (κ2) is 21.5. The van der Waals surface area contributed by atoms with Crippen molar-refractivity contribution in [3.05, 3.63) is 0 Å². The molecule has 0 bridgehead atoms. The van der Waals surface area contributed by atoms with Crippen LogP contribution >= 0.6 is 0 Å². The third-order valence-electron chi connectivity index (χ3n) is 0. The first kappa shape index (κ1) is 41.6. The largest absolute Gasteiger partial charge is 0.0149 e. The fourth-order valence-electron chi connectivity index (χ4n) is 0. The van der Waals surface area contributed by atoms with Crippen molar-refractivity contribution in [2.75, 3.05) is 0 Å². The van der Waals surface area contributed by atoms with E-state index in [1.807, 2.05) is 0 Å². The molecule has 0 unspecified atom stereocenters. The Morgan fingerprint density at radius 2 is 1.00 bits per heavy atom. The molecule has 0 aromatic carbocycles. The van der Waals surface area contributed by atoms with Crippen molar-refractivity contribution in [3.8, 4) is 0 Å². The summed E-state index contributed by atoms with van der Waals surface area (Å²) in [6, 6.07) is 0. The molecule has 0 saturated carbocycles. The molecule has 0 saturated heterocycles. The first-order valence-electron chi connectivity index (χ1n) is 0. The molecule has 0 N–H and O–H groups in total. The number of hydrogen-bond acceptors (Lipinski definition) is 0. The van der Waals surface area contributed by atoms with Crippen molar-refractivity contribution >= 4 is 45.9 Å². The number of hydrogen-bond donors (Lipinski definition) is 0. The van der Waals surface area contributed by atoms with Crippen LogP contribution in [0.1, 0.15) is 0 Å². The summed E-state index contributed by atoms with van der Waals surface area (Å²) < 4.78 is 0. The summed E-state index contributed by atoms with van der Waals surface area (Å²) in [5.74, 6) is 0. The summed E-state index contributed by atoms with van der Waals surface area (Å²) in [5.41, 5.74) is 0. The van der Waals surface area contributed by atoms with Gasteiger partial charge in [-0.15, -0.1) is 0 Å². The minimum atomic E-state index is 0. The maximum absolute atomic E-state index is 0. The molecule has 0 fully saturated rings. The monoisotopic (exact) mass is 198 g/mol. The molecular formula is H11AlGeNiSi. The zero-order valence-electron chi connectivity index (χ0n) is 0.316. The minimum Gasteiger partial charge on any atom is -0.0149 e. The molecule has 0 nitrogen and oxygen atoms in total. The second-order valence-corrected chi connectivity index (χ2v) is 0. The van der Waals surface area contributed by atoms with Gasteiger partial charge in [-0.2, -0.15) is 0 Å². The molecule has 0 radical (unpaired) electrons. The van der Waals surface area contributed by atoms with Gasteiger partial charge >= 0.3 is 17.6 Å². The Morgan fingerprint density at radius 3 is 1.00 bits per heavy atom. The molecule has 4 heavy (non-hydrogen) atoms. The van der Waals surface area contributed by atoms with Gasteiger partial charge < -0.3 is 0 Å². The fourth-order valence-corrected chi connectivity index (χ4v) is 0. The summed E-state index contributed by atoms with van der Waals surface area (Å²) in [7, 11) is 0. The maximum Gasteiger partial charge on any atom is 0 e. The SMILES string of the molecule is [AlH3].[GeH4].[Ni].[SiH4]. The van der Waals surface area contributed by atoms with Gasteiger partial charge in [-0.3, -0.25) is 0 Å². The summed E-state index contributed by atoms with van der Waals surface area (Å²) in [6.45, 7) is 0. The summed E-state index contributed by atoms with van der Waals surface area (Å²) in [5, 5.41) is 0. The van der Waals surface area contributed by atoms with Crippen molar-refractivity contribution in [1.82, 2.24) is 0 Å². The summed E-state index contributed by atoms with van der Waals surface area (Å²) in [4.78, 5) is 0. The standard InChI is InChI=1S/Al.GeH4.Ni.H4Si.3H/h;1H4;;1H4;;;. The van der Waals surface area contributed by atoms with Crippen LogP contribution in [0.3, 0.4) is 0 Å². The molecule has 0 aromatic heterocycles. The zero-order valence-corrected chi connectivity index (χ0v) is 1.30. The summed E-state index contributed by atoms with van der Waals surface area (Å²) in [6.07, 6.45) is 0. The summed E-state index contributed by atoms with van der Waals surface area (Å²) >= 11 is 0. The first-order chi connectivity index (χ1) is 0. The van der Waals surface area contributed by atoms with Gasteiger partial charge in [0.2, 0.25) is 0 Å². The minimum absolute atomic E-state index is 0. The smallest absolute Gasteiger partial charge is 0 e. The van der Waals surface area contributed by atoms with E-state index >= 15 is 0 Å². The van der Waals surface area contributed by atoms with Crippen LogP contribution in [-0.4, -0.2) is 45.9 Å². The molecule has 0 heterocycles. The van der Waals surface area contributed by atoms with E-state index in [0.29, 0.717) is 0 Å². The van der Waals surface area contributed by atoms with Crippen molar-refractivity contribution in [2.24, 2.45) is 0 Å². The van der Waals surface area contributed by atoms with Crippen LogP contribution in [0.2, 0.25) is 0 Å². The Kier molecular flexibility index (Phi) is 223. The zero-order chi connectivity index (χ0) is 0. The van der Waals surface area contributed by atoms with Crippen molar-refractivity contribution < 1.29 is 16.5 Å². The quantitative estimate of drug-likeness (QED) is 0.347. The van der Waals surface area contributed by atoms with Crippen LogP contribution < -0.4 is 0 Å². The Morgan fingerprint density at radius 1 is 1.00 bits per heavy atom. The van der Waals surface area contributed by atoms with E-state index in [-0.39, 0.29) is 62.4 Å². The van der Waals surface area contributed by atoms with Gasteiger partial charge in [0.1, 0.15) is 0 Å². The van der Waals surface area contributed by atoms with Crippen molar-refractivity contribution in [3.63, 3.8) is 0 Å². The molecule has 0 aliphatic carbocycles. The normalized spacial score (nSPS) is 0. The molecule has 0 spiro atoms. The Balaban J connectivity index is 0. The molecule has 32 valence electrons. The molecule has 0 atom stereocenters. The van der Waals surface area contributed by atoms with Gasteiger partial charge in [-0.1, -0.05) is 0 Å². The molecule has 0 aliphatic heterocycles. The van der Waals surface area contributed by atoms with Gasteiger partial charge in [0.15, 0.2) is 17.4 Å². The average molecular weight is 197 g/mol. The predicted octanol–water partition coefficient (Wildman–Crippen LogP) is -4.09. The third-order valence-corrected chi connectivity index (χ3v) is 0. The molecule has 4 heteroatoms. The molecule has 0 amide bonds. The molecule has 0 aromatic rings. The van der Waals surface area contributed by atoms with Gasteiger partial charge in [0.25, 0.3) is 0 Å². The Labute approximate surface area is 62.2 Å². The van der Waals surface area contributed by atoms with Crippen LogP contribution in [0.25, 0.3) is 0 Å². The van der Waals surface area contributed by atoms with Gasteiger partial charge in [0.05, 0.1) is 0 Å². The third kappa shape index (κ3) is 9.21. The predicted molar refractivity (Wildman–Crippen MR) is 32.6 cm³/mol. The number of rotatable bonds is 0. The van der Waals surface area contributed by atoms with Gasteiger partial charge in [-0.25, -0.2) is 0 Å². The maximum atomic E-state index is 0. The van der Waals surface area contributed by atoms with Crippen LogP contribution in [-0.2, 0) is 16.5 Å². The van der Waals surface area contributed by atoms with Gasteiger partial charge in [0, 0.05) is 16.5 Å². The van der Waals surface area contributed by atoms with E-state index in [1.54, 1.807) is 0 Å². The van der Waals surface area contributed by atoms with E-state index in [4.69, 9.17) is 0 Å².